The SMILES string of the molecule is CCOC(=O)C1CCN(Cc2c(O)ccc3c(=O)c(Oc4ccc(C(=O)OC)cc4)coc23)CC1. The molecule has 184 valence electrons. The van der Waals surface area contributed by atoms with E-state index >= 15 is 0 Å². The Kier molecular flexibility index (Phi) is 7.36. The molecule has 9 nitrogen and oxygen atoms in total. The van der Waals surface area contributed by atoms with E-state index in [-0.39, 0.29) is 39.8 Å². The summed E-state index contributed by atoms with van der Waals surface area (Å²) >= 11 is 0. The van der Waals surface area contributed by atoms with Crippen molar-refractivity contribution < 1.29 is 33.3 Å². The molecule has 1 N–H and O–H groups in total. The third kappa shape index (κ3) is 5.30. The molecule has 2 heterocycles. The minimum Gasteiger partial charge on any atom is -0.507 e. The molecule has 1 aliphatic rings. The number of rotatable bonds is 7. The third-order valence-electron chi connectivity index (χ3n) is 6.08. The Balaban J connectivity index is 1.52. The molecule has 0 saturated carbocycles. The van der Waals surface area contributed by atoms with Crippen LogP contribution in [-0.4, -0.2) is 48.8 Å². The van der Waals surface area contributed by atoms with Gasteiger partial charge in [0.1, 0.15) is 23.3 Å². The molecule has 4 rings (SSSR count). The van der Waals surface area contributed by atoms with E-state index in [2.05, 4.69) is 9.64 Å². The minimum atomic E-state index is -0.473. The van der Waals surface area contributed by atoms with Gasteiger partial charge in [0, 0.05) is 6.54 Å². The lowest BCUT2D eigenvalue weighted by molar-refractivity contribution is -0.149. The fourth-order valence-corrected chi connectivity index (χ4v) is 4.17. The van der Waals surface area contributed by atoms with Gasteiger partial charge in [-0.3, -0.25) is 14.5 Å². The number of carbonyl (C=O) groups is 2. The summed E-state index contributed by atoms with van der Waals surface area (Å²) in [5, 5.41) is 10.8. The molecular weight excluding hydrogens is 454 g/mol. The highest BCUT2D eigenvalue weighted by atomic mass is 16.5. The quantitative estimate of drug-likeness (QED) is 0.502. The maximum Gasteiger partial charge on any atom is 0.337 e. The summed E-state index contributed by atoms with van der Waals surface area (Å²) in [5.41, 5.74) is 0.765. The van der Waals surface area contributed by atoms with Crippen LogP contribution in [0, 0.1) is 5.92 Å². The van der Waals surface area contributed by atoms with Gasteiger partial charge in [0.05, 0.1) is 36.1 Å². The van der Waals surface area contributed by atoms with Crippen molar-refractivity contribution in [2.45, 2.75) is 26.3 Å². The smallest absolute Gasteiger partial charge is 0.337 e. The zero-order chi connectivity index (χ0) is 24.9. The Morgan fingerprint density at radius 3 is 2.49 bits per heavy atom. The molecule has 35 heavy (non-hydrogen) atoms. The lowest BCUT2D eigenvalue weighted by Gasteiger charge is -2.31. The number of ether oxygens (including phenoxy) is 3. The van der Waals surface area contributed by atoms with E-state index in [4.69, 9.17) is 13.9 Å². The molecule has 0 bridgehead atoms. The molecule has 0 spiro atoms. The van der Waals surface area contributed by atoms with E-state index < -0.39 is 5.97 Å². The summed E-state index contributed by atoms with van der Waals surface area (Å²) in [5.74, 6) is -0.396. The standard InChI is InChI=1S/C26H27NO8/c1-3-33-26(31)17-10-12-27(13-11-17)14-20-21(28)9-8-19-23(29)22(15-34-24(19)20)35-18-6-4-16(5-7-18)25(30)32-2/h4-9,15,17,28H,3,10-14H2,1-2H3. The minimum absolute atomic E-state index is 0.0183. The van der Waals surface area contributed by atoms with Crippen LogP contribution in [0.15, 0.2) is 51.9 Å². The Morgan fingerprint density at radius 2 is 1.83 bits per heavy atom. The predicted molar refractivity (Wildman–Crippen MR) is 127 cm³/mol. The topological polar surface area (TPSA) is 116 Å². The molecule has 0 radical (unpaired) electrons. The number of hydrogen-bond acceptors (Lipinski definition) is 9. The van der Waals surface area contributed by atoms with Crippen LogP contribution in [-0.2, 0) is 20.8 Å². The summed E-state index contributed by atoms with van der Waals surface area (Å²) in [6.45, 7) is 3.85. The van der Waals surface area contributed by atoms with Crippen molar-refractivity contribution in [2.75, 3.05) is 26.8 Å². The van der Waals surface area contributed by atoms with Gasteiger partial charge in [-0.15, -0.1) is 0 Å². The number of fused-ring (bicyclic) bond motifs is 1. The number of phenolic OH excluding ortho intramolecular Hbond substituents is 1. The summed E-state index contributed by atoms with van der Waals surface area (Å²) in [6, 6.07) is 9.14. The predicted octanol–water partition coefficient (Wildman–Crippen LogP) is 3.85. The van der Waals surface area contributed by atoms with Crippen molar-refractivity contribution in [3.05, 3.63) is 64.0 Å². The Bertz CT molecular complexity index is 1270. The van der Waals surface area contributed by atoms with Crippen LogP contribution in [0.1, 0.15) is 35.7 Å². The molecule has 0 aliphatic carbocycles. The maximum absolute atomic E-state index is 13.1. The molecule has 0 atom stereocenters. The Morgan fingerprint density at radius 1 is 1.11 bits per heavy atom. The highest BCUT2D eigenvalue weighted by Gasteiger charge is 2.27. The van der Waals surface area contributed by atoms with Gasteiger partial charge in [-0.2, -0.15) is 0 Å². The van der Waals surface area contributed by atoms with Gasteiger partial charge in [-0.25, -0.2) is 4.79 Å². The van der Waals surface area contributed by atoms with E-state index in [1.807, 2.05) is 0 Å². The summed E-state index contributed by atoms with van der Waals surface area (Å²) < 4.78 is 21.2. The van der Waals surface area contributed by atoms with Crippen LogP contribution in [0.2, 0.25) is 0 Å². The lowest BCUT2D eigenvalue weighted by atomic mass is 9.96. The summed E-state index contributed by atoms with van der Waals surface area (Å²) in [7, 11) is 1.30. The lowest BCUT2D eigenvalue weighted by Crippen LogP contribution is -2.36. The number of benzene rings is 2. The van der Waals surface area contributed by atoms with Crippen LogP contribution in [0.25, 0.3) is 11.0 Å². The van der Waals surface area contributed by atoms with Gasteiger partial charge < -0.3 is 23.7 Å². The molecule has 2 aromatic carbocycles. The fraction of sp³-hybridized carbons (Fsp3) is 0.346. The number of likely N-dealkylation sites (tertiary alicyclic amines) is 1. The Hall–Kier alpha value is -3.85. The van der Waals surface area contributed by atoms with Crippen molar-refractivity contribution in [3.8, 4) is 17.2 Å². The van der Waals surface area contributed by atoms with Crippen LogP contribution in [0.3, 0.4) is 0 Å². The zero-order valence-electron chi connectivity index (χ0n) is 19.6. The first-order valence-electron chi connectivity index (χ1n) is 11.4. The molecule has 1 fully saturated rings. The summed E-state index contributed by atoms with van der Waals surface area (Å²) in [4.78, 5) is 38.8. The number of methoxy groups -OCH3 is 1. The number of nitrogens with zero attached hydrogens (tertiary/aromatic N) is 1. The molecule has 3 aromatic rings. The normalized spacial score (nSPS) is 14.6. The van der Waals surface area contributed by atoms with Gasteiger partial charge in [-0.05, 0) is 69.3 Å². The van der Waals surface area contributed by atoms with E-state index in [1.165, 1.54) is 37.6 Å². The van der Waals surface area contributed by atoms with E-state index in [9.17, 15) is 19.5 Å². The van der Waals surface area contributed by atoms with Gasteiger partial charge in [0.25, 0.3) is 0 Å². The van der Waals surface area contributed by atoms with Gasteiger partial charge in [-0.1, -0.05) is 0 Å². The van der Waals surface area contributed by atoms with Crippen LogP contribution in [0.4, 0.5) is 0 Å². The Labute approximate surface area is 201 Å². The fourth-order valence-electron chi connectivity index (χ4n) is 4.17. The second-order valence-corrected chi connectivity index (χ2v) is 8.29. The molecule has 1 aromatic heterocycles. The number of carbonyl (C=O) groups excluding carboxylic acids is 2. The van der Waals surface area contributed by atoms with Gasteiger partial charge in [0.2, 0.25) is 11.2 Å². The highest BCUT2D eigenvalue weighted by Crippen LogP contribution is 2.31. The first-order valence-corrected chi connectivity index (χ1v) is 11.4. The average Bonchev–Trinajstić information content (AvgIpc) is 2.88. The van der Waals surface area contributed by atoms with Crippen molar-refractivity contribution in [1.29, 1.82) is 0 Å². The largest absolute Gasteiger partial charge is 0.507 e. The third-order valence-corrected chi connectivity index (χ3v) is 6.08. The van der Waals surface area contributed by atoms with Crippen molar-refractivity contribution in [2.24, 2.45) is 5.92 Å². The highest BCUT2D eigenvalue weighted by molar-refractivity contribution is 5.89. The number of esters is 2. The second kappa shape index (κ2) is 10.6. The second-order valence-electron chi connectivity index (χ2n) is 8.29. The molecular formula is C26H27NO8. The molecule has 0 unspecified atom stereocenters. The number of piperidine rings is 1. The van der Waals surface area contributed by atoms with Crippen LogP contribution < -0.4 is 10.2 Å². The average molecular weight is 482 g/mol. The maximum atomic E-state index is 13.1. The summed E-state index contributed by atoms with van der Waals surface area (Å²) in [6.07, 6.45) is 2.55. The van der Waals surface area contributed by atoms with E-state index in [1.54, 1.807) is 19.1 Å². The molecule has 1 aliphatic heterocycles. The number of aromatic hydroxyl groups is 1. The van der Waals surface area contributed by atoms with Gasteiger partial charge >= 0.3 is 11.9 Å². The van der Waals surface area contributed by atoms with E-state index in [0.717, 1.165) is 0 Å². The van der Waals surface area contributed by atoms with Crippen LogP contribution >= 0.6 is 0 Å². The monoisotopic (exact) mass is 481 g/mol. The first-order chi connectivity index (χ1) is 16.9. The van der Waals surface area contributed by atoms with Crippen molar-refractivity contribution in [1.82, 2.24) is 4.90 Å². The van der Waals surface area contributed by atoms with Crippen LogP contribution in [0.5, 0.6) is 17.2 Å². The molecule has 0 amide bonds. The first kappa shape index (κ1) is 24.3. The number of hydrogen-bond donors (Lipinski definition) is 1. The molecule has 9 heteroatoms. The van der Waals surface area contributed by atoms with Crippen molar-refractivity contribution >= 4 is 22.9 Å². The van der Waals surface area contributed by atoms with Crippen molar-refractivity contribution in [3.63, 3.8) is 0 Å². The zero-order valence-corrected chi connectivity index (χ0v) is 19.6. The van der Waals surface area contributed by atoms with E-state index in [0.29, 0.717) is 56.0 Å². The van der Waals surface area contributed by atoms with Gasteiger partial charge in [0.15, 0.2) is 0 Å². The number of phenols is 1. The molecule has 1 saturated heterocycles.